The molecule has 0 radical (unpaired) electrons. The molecule has 7 nitrogen and oxygen atoms in total. The van der Waals surface area contributed by atoms with Crippen LogP contribution in [0.15, 0.2) is 24.3 Å². The quantitative estimate of drug-likeness (QED) is 0.738. The monoisotopic (exact) mass is 286 g/mol. The molecule has 2 rings (SSSR count). The number of carbonyl (C=O) groups excluding carboxylic acids is 1. The SMILES string of the molecule is Cc1cc(C(=O)Nc2ccc(N)cc2C(=O)O)c(C)nn1. The lowest BCUT2D eigenvalue weighted by atomic mass is 10.1. The van der Waals surface area contributed by atoms with Gasteiger partial charge in [0.05, 0.1) is 28.2 Å². The Bertz CT molecular complexity index is 728. The molecule has 0 aliphatic carbocycles. The number of hydrogen-bond donors (Lipinski definition) is 3. The van der Waals surface area contributed by atoms with E-state index in [2.05, 4.69) is 15.5 Å². The molecule has 0 fully saturated rings. The Labute approximate surface area is 120 Å². The Morgan fingerprint density at radius 3 is 2.52 bits per heavy atom. The number of aromatic carboxylic acids is 1. The highest BCUT2D eigenvalue weighted by Gasteiger charge is 2.16. The van der Waals surface area contributed by atoms with E-state index in [0.29, 0.717) is 22.6 Å². The minimum atomic E-state index is -1.17. The van der Waals surface area contributed by atoms with Gasteiger partial charge in [-0.2, -0.15) is 10.2 Å². The number of nitrogens with one attached hydrogen (secondary N) is 1. The third kappa shape index (κ3) is 3.14. The number of aromatic nitrogens is 2. The van der Waals surface area contributed by atoms with Crippen molar-refractivity contribution in [3.63, 3.8) is 0 Å². The van der Waals surface area contributed by atoms with Gasteiger partial charge >= 0.3 is 5.97 Å². The van der Waals surface area contributed by atoms with Gasteiger partial charge in [0.1, 0.15) is 0 Å². The van der Waals surface area contributed by atoms with Gasteiger partial charge in [-0.1, -0.05) is 0 Å². The van der Waals surface area contributed by atoms with E-state index >= 15 is 0 Å². The van der Waals surface area contributed by atoms with Gasteiger partial charge in [-0.3, -0.25) is 4.79 Å². The fraction of sp³-hybridized carbons (Fsp3) is 0.143. The van der Waals surface area contributed by atoms with E-state index in [1.54, 1.807) is 19.9 Å². The minimum Gasteiger partial charge on any atom is -0.478 e. The van der Waals surface area contributed by atoms with Crippen LogP contribution in [0.2, 0.25) is 0 Å². The van der Waals surface area contributed by atoms with E-state index < -0.39 is 11.9 Å². The normalized spacial score (nSPS) is 10.2. The average molecular weight is 286 g/mol. The Morgan fingerprint density at radius 2 is 1.86 bits per heavy atom. The maximum atomic E-state index is 12.2. The summed E-state index contributed by atoms with van der Waals surface area (Å²) in [5, 5.41) is 19.4. The predicted molar refractivity (Wildman–Crippen MR) is 77.3 cm³/mol. The predicted octanol–water partition coefficient (Wildman–Crippen LogP) is 1.63. The van der Waals surface area contributed by atoms with Gasteiger partial charge in [-0.05, 0) is 38.1 Å². The number of nitrogen functional groups attached to an aromatic ring is 1. The lowest BCUT2D eigenvalue weighted by molar-refractivity contribution is 0.0698. The molecule has 21 heavy (non-hydrogen) atoms. The Balaban J connectivity index is 2.36. The third-order valence-electron chi connectivity index (χ3n) is 2.87. The summed E-state index contributed by atoms with van der Waals surface area (Å²) in [4.78, 5) is 23.4. The van der Waals surface area contributed by atoms with Gasteiger partial charge in [-0.15, -0.1) is 0 Å². The smallest absolute Gasteiger partial charge is 0.337 e. The number of anilines is 2. The molecule has 0 aliphatic heterocycles. The number of aryl methyl sites for hydroxylation is 2. The molecule has 0 saturated heterocycles. The zero-order valence-electron chi connectivity index (χ0n) is 11.5. The number of nitrogens with two attached hydrogens (primary N) is 1. The molecule has 0 bridgehead atoms. The maximum absolute atomic E-state index is 12.2. The average Bonchev–Trinajstić information content (AvgIpc) is 2.43. The van der Waals surface area contributed by atoms with Crippen molar-refractivity contribution in [1.82, 2.24) is 10.2 Å². The summed E-state index contributed by atoms with van der Waals surface area (Å²) in [6.07, 6.45) is 0. The molecule has 0 saturated carbocycles. The van der Waals surface area contributed by atoms with Crippen LogP contribution < -0.4 is 11.1 Å². The molecule has 108 valence electrons. The summed E-state index contributed by atoms with van der Waals surface area (Å²) in [6.45, 7) is 3.37. The van der Waals surface area contributed by atoms with Crippen LogP contribution in [0.3, 0.4) is 0 Å². The number of amides is 1. The largest absolute Gasteiger partial charge is 0.478 e. The molecule has 1 aromatic heterocycles. The van der Waals surface area contributed by atoms with Crippen LogP contribution in [-0.4, -0.2) is 27.2 Å². The van der Waals surface area contributed by atoms with E-state index in [1.807, 2.05) is 0 Å². The molecule has 1 amide bonds. The molecular weight excluding hydrogens is 272 g/mol. The van der Waals surface area contributed by atoms with Gasteiger partial charge < -0.3 is 16.2 Å². The summed E-state index contributed by atoms with van der Waals surface area (Å²) >= 11 is 0. The first-order valence-corrected chi connectivity index (χ1v) is 6.13. The number of carboxylic acids is 1. The van der Waals surface area contributed by atoms with Gasteiger partial charge in [0.2, 0.25) is 0 Å². The van der Waals surface area contributed by atoms with Crippen LogP contribution in [0.25, 0.3) is 0 Å². The van der Waals surface area contributed by atoms with Gasteiger partial charge in [0.25, 0.3) is 5.91 Å². The Morgan fingerprint density at radius 1 is 1.14 bits per heavy atom. The van der Waals surface area contributed by atoms with Crippen LogP contribution in [-0.2, 0) is 0 Å². The lowest BCUT2D eigenvalue weighted by Gasteiger charge is -2.10. The molecule has 2 aromatic rings. The molecule has 0 atom stereocenters. The van der Waals surface area contributed by atoms with Gasteiger partial charge in [0.15, 0.2) is 0 Å². The van der Waals surface area contributed by atoms with Crippen molar-refractivity contribution < 1.29 is 14.7 Å². The van der Waals surface area contributed by atoms with E-state index in [0.717, 1.165) is 0 Å². The van der Waals surface area contributed by atoms with E-state index in [4.69, 9.17) is 10.8 Å². The molecule has 0 unspecified atom stereocenters. The van der Waals surface area contributed by atoms with Crippen molar-refractivity contribution in [3.05, 3.63) is 46.8 Å². The van der Waals surface area contributed by atoms with Gasteiger partial charge in [0, 0.05) is 5.69 Å². The van der Waals surface area contributed by atoms with Crippen molar-refractivity contribution in [3.8, 4) is 0 Å². The number of carboxylic acid groups (broad SMARTS) is 1. The van der Waals surface area contributed by atoms with Crippen LogP contribution in [0.4, 0.5) is 11.4 Å². The molecule has 0 spiro atoms. The van der Waals surface area contributed by atoms with E-state index in [1.165, 1.54) is 18.2 Å². The summed E-state index contributed by atoms with van der Waals surface area (Å²) in [6, 6.07) is 5.86. The van der Waals surface area contributed by atoms with Crippen LogP contribution >= 0.6 is 0 Å². The second-order valence-electron chi connectivity index (χ2n) is 4.55. The van der Waals surface area contributed by atoms with Crippen LogP contribution in [0.1, 0.15) is 32.1 Å². The first kappa shape index (κ1) is 14.4. The Hall–Kier alpha value is -2.96. The molecule has 7 heteroatoms. The van der Waals surface area contributed by atoms with E-state index in [-0.39, 0.29) is 11.3 Å². The van der Waals surface area contributed by atoms with Gasteiger partial charge in [-0.25, -0.2) is 4.79 Å². The van der Waals surface area contributed by atoms with Crippen LogP contribution in [0.5, 0.6) is 0 Å². The highest BCUT2D eigenvalue weighted by atomic mass is 16.4. The molecule has 1 heterocycles. The number of nitrogens with zero attached hydrogens (tertiary/aromatic N) is 2. The highest BCUT2D eigenvalue weighted by molar-refractivity contribution is 6.08. The Kier molecular flexibility index (Phi) is 3.84. The zero-order chi connectivity index (χ0) is 15.6. The summed E-state index contributed by atoms with van der Waals surface area (Å²) in [7, 11) is 0. The van der Waals surface area contributed by atoms with Crippen molar-refractivity contribution in [2.75, 3.05) is 11.1 Å². The standard InChI is InChI=1S/C14H14N4O3/c1-7-5-10(8(2)18-17-7)13(19)16-12-4-3-9(15)6-11(12)14(20)21/h3-6H,15H2,1-2H3,(H,16,19)(H,20,21). The first-order valence-electron chi connectivity index (χ1n) is 6.13. The zero-order valence-corrected chi connectivity index (χ0v) is 11.5. The molecular formula is C14H14N4O3. The topological polar surface area (TPSA) is 118 Å². The second kappa shape index (κ2) is 5.58. The van der Waals surface area contributed by atoms with Crippen LogP contribution in [0, 0.1) is 13.8 Å². The summed E-state index contributed by atoms with van der Waals surface area (Å²) in [5.41, 5.74) is 7.38. The number of benzene rings is 1. The van der Waals surface area contributed by atoms with Crippen molar-refractivity contribution in [1.29, 1.82) is 0 Å². The number of hydrogen-bond acceptors (Lipinski definition) is 5. The molecule has 1 aromatic carbocycles. The summed E-state index contributed by atoms with van der Waals surface area (Å²) < 4.78 is 0. The maximum Gasteiger partial charge on any atom is 0.337 e. The molecule has 0 aliphatic rings. The van der Waals surface area contributed by atoms with Crippen molar-refractivity contribution >= 4 is 23.3 Å². The summed E-state index contributed by atoms with van der Waals surface area (Å²) in [5.74, 6) is -1.61. The van der Waals surface area contributed by atoms with Crippen molar-refractivity contribution in [2.45, 2.75) is 13.8 Å². The molecule has 4 N–H and O–H groups in total. The first-order chi connectivity index (χ1) is 9.88. The lowest BCUT2D eigenvalue weighted by Crippen LogP contribution is -2.17. The fourth-order valence-corrected chi connectivity index (χ4v) is 1.82. The van der Waals surface area contributed by atoms with Crippen molar-refractivity contribution in [2.24, 2.45) is 0 Å². The van der Waals surface area contributed by atoms with E-state index in [9.17, 15) is 9.59 Å². The minimum absolute atomic E-state index is 0.0697. The fourth-order valence-electron chi connectivity index (χ4n) is 1.82. The second-order valence-corrected chi connectivity index (χ2v) is 4.55. The highest BCUT2D eigenvalue weighted by Crippen LogP contribution is 2.20. The number of carbonyl (C=O) groups is 2. The third-order valence-corrected chi connectivity index (χ3v) is 2.87. The number of rotatable bonds is 3.